The Morgan fingerprint density at radius 2 is 2.00 bits per heavy atom. The molecule has 1 aliphatic rings. The molecule has 1 saturated heterocycles. The Morgan fingerprint density at radius 1 is 1.36 bits per heavy atom. The number of amides is 3. The summed E-state index contributed by atoms with van der Waals surface area (Å²) in [7, 11) is 1.61. The van der Waals surface area contributed by atoms with Crippen LogP contribution in [-0.2, 0) is 19.2 Å². The Bertz CT molecular complexity index is 558. The molecule has 0 aromatic rings. The molecule has 8 nitrogen and oxygen atoms in total. The number of hydrogen-bond donors (Lipinski definition) is 2. The first-order valence-corrected chi connectivity index (χ1v) is 8.35. The normalized spacial score (nSPS) is 18.8. The molecule has 0 spiro atoms. The number of carboxylic acids is 1. The van der Waals surface area contributed by atoms with Crippen molar-refractivity contribution in [3.05, 3.63) is 11.6 Å². The van der Waals surface area contributed by atoms with Crippen molar-refractivity contribution in [3.8, 4) is 0 Å². The van der Waals surface area contributed by atoms with Crippen LogP contribution in [0.25, 0.3) is 0 Å². The largest absolute Gasteiger partial charge is 0.480 e. The Hall–Kier alpha value is -2.38. The fraction of sp³-hybridized carbons (Fsp3) is 0.647. The van der Waals surface area contributed by atoms with Crippen LogP contribution in [0.4, 0.5) is 0 Å². The van der Waals surface area contributed by atoms with E-state index in [1.807, 2.05) is 13.8 Å². The molecule has 0 bridgehead atoms. The van der Waals surface area contributed by atoms with Crippen molar-refractivity contribution in [1.29, 1.82) is 0 Å². The van der Waals surface area contributed by atoms with Crippen LogP contribution in [0.1, 0.15) is 33.6 Å². The van der Waals surface area contributed by atoms with Gasteiger partial charge in [0.2, 0.25) is 18.2 Å². The van der Waals surface area contributed by atoms with Crippen LogP contribution in [-0.4, -0.2) is 71.3 Å². The molecule has 25 heavy (non-hydrogen) atoms. The molecular formula is C17H27N3O5. The fourth-order valence-corrected chi connectivity index (χ4v) is 2.99. The van der Waals surface area contributed by atoms with E-state index in [1.165, 1.54) is 9.80 Å². The molecule has 1 rings (SSSR count). The lowest BCUT2D eigenvalue weighted by atomic mass is 9.99. The summed E-state index contributed by atoms with van der Waals surface area (Å²) in [5.41, 5.74) is 0.412. The maximum absolute atomic E-state index is 12.6. The van der Waals surface area contributed by atoms with Crippen molar-refractivity contribution in [2.75, 3.05) is 20.1 Å². The molecule has 0 aliphatic carbocycles. The SMILES string of the molecule is CC(=C[C@H](C(C)C)N(C)C(=O)CNC=O)C(=O)N1CCC[C@H]1C(=O)O. The third-order valence-electron chi connectivity index (χ3n) is 4.42. The predicted molar refractivity (Wildman–Crippen MR) is 91.6 cm³/mol. The number of carbonyl (C=O) groups is 4. The number of carboxylic acid groups (broad SMARTS) is 1. The zero-order chi connectivity index (χ0) is 19.1. The molecule has 1 heterocycles. The number of aliphatic carboxylic acids is 1. The molecule has 1 fully saturated rings. The first-order chi connectivity index (χ1) is 11.7. The van der Waals surface area contributed by atoms with Crippen molar-refractivity contribution in [2.24, 2.45) is 5.92 Å². The minimum atomic E-state index is -0.994. The second kappa shape index (κ2) is 9.19. The van der Waals surface area contributed by atoms with Crippen LogP contribution < -0.4 is 5.32 Å². The number of carbonyl (C=O) groups excluding carboxylic acids is 3. The summed E-state index contributed by atoms with van der Waals surface area (Å²) in [5, 5.41) is 11.6. The van der Waals surface area contributed by atoms with E-state index in [0.717, 1.165) is 0 Å². The standard InChI is InChI=1S/C17H27N3O5/c1-11(2)14(19(4)15(22)9-18-10-21)8-12(3)16(23)20-7-5-6-13(20)17(24)25/h8,10-11,13-14H,5-7,9H2,1-4H3,(H,18,21)(H,24,25)/t13-,14+/m0/s1. The molecule has 2 N–H and O–H groups in total. The maximum atomic E-state index is 12.6. The zero-order valence-corrected chi connectivity index (χ0v) is 15.2. The van der Waals surface area contributed by atoms with Gasteiger partial charge in [-0.1, -0.05) is 19.9 Å². The first-order valence-electron chi connectivity index (χ1n) is 8.35. The molecule has 0 aromatic heterocycles. The van der Waals surface area contributed by atoms with E-state index >= 15 is 0 Å². The lowest BCUT2D eigenvalue weighted by molar-refractivity contribution is -0.146. The number of nitrogens with zero attached hydrogens (tertiary/aromatic N) is 2. The molecule has 3 amide bonds. The van der Waals surface area contributed by atoms with Gasteiger partial charge in [0, 0.05) is 19.2 Å². The van der Waals surface area contributed by atoms with Crippen molar-refractivity contribution in [3.63, 3.8) is 0 Å². The number of likely N-dealkylation sites (tertiary alicyclic amines) is 1. The fourth-order valence-electron chi connectivity index (χ4n) is 2.99. The Balaban J connectivity index is 2.93. The van der Waals surface area contributed by atoms with Gasteiger partial charge in [0.05, 0.1) is 12.6 Å². The minimum absolute atomic E-state index is 0.0433. The second-order valence-corrected chi connectivity index (χ2v) is 6.58. The highest BCUT2D eigenvalue weighted by molar-refractivity contribution is 5.96. The van der Waals surface area contributed by atoms with E-state index in [2.05, 4.69) is 5.32 Å². The highest BCUT2D eigenvalue weighted by Gasteiger charge is 2.34. The maximum Gasteiger partial charge on any atom is 0.326 e. The predicted octanol–water partition coefficient (Wildman–Crippen LogP) is 0.237. The number of hydrogen-bond acceptors (Lipinski definition) is 4. The Morgan fingerprint density at radius 3 is 2.52 bits per heavy atom. The summed E-state index contributed by atoms with van der Waals surface area (Å²) in [4.78, 5) is 49.2. The molecule has 140 valence electrons. The van der Waals surface area contributed by atoms with Gasteiger partial charge in [0.15, 0.2) is 0 Å². The van der Waals surface area contributed by atoms with Crippen LogP contribution >= 0.6 is 0 Å². The summed E-state index contributed by atoms with van der Waals surface area (Å²) < 4.78 is 0. The molecular weight excluding hydrogens is 326 g/mol. The lowest BCUT2D eigenvalue weighted by Crippen LogP contribution is -2.44. The van der Waals surface area contributed by atoms with Gasteiger partial charge < -0.3 is 20.2 Å². The summed E-state index contributed by atoms with van der Waals surface area (Å²) >= 11 is 0. The Kier molecular flexibility index (Phi) is 7.60. The molecule has 8 heteroatoms. The summed E-state index contributed by atoms with van der Waals surface area (Å²) in [6.45, 7) is 5.79. The molecule has 0 unspecified atom stereocenters. The van der Waals surface area contributed by atoms with E-state index < -0.39 is 12.0 Å². The number of nitrogens with one attached hydrogen (secondary N) is 1. The molecule has 0 saturated carbocycles. The summed E-state index contributed by atoms with van der Waals surface area (Å²) in [5.74, 6) is -1.54. The summed E-state index contributed by atoms with van der Waals surface area (Å²) in [6.07, 6.45) is 3.28. The van der Waals surface area contributed by atoms with Gasteiger partial charge in [-0.3, -0.25) is 14.4 Å². The van der Waals surface area contributed by atoms with Crippen LogP contribution in [0.5, 0.6) is 0 Å². The minimum Gasteiger partial charge on any atom is -0.480 e. The summed E-state index contributed by atoms with van der Waals surface area (Å²) in [6, 6.07) is -1.12. The van der Waals surface area contributed by atoms with Gasteiger partial charge >= 0.3 is 5.97 Å². The van der Waals surface area contributed by atoms with Crippen molar-refractivity contribution < 1.29 is 24.3 Å². The molecule has 0 aromatic carbocycles. The number of rotatable bonds is 8. The molecule has 0 radical (unpaired) electrons. The van der Waals surface area contributed by atoms with Crippen LogP contribution in [0.15, 0.2) is 11.6 Å². The van der Waals surface area contributed by atoms with Crippen molar-refractivity contribution in [2.45, 2.75) is 45.7 Å². The lowest BCUT2D eigenvalue weighted by Gasteiger charge is -2.30. The van der Waals surface area contributed by atoms with E-state index in [1.54, 1.807) is 20.0 Å². The van der Waals surface area contributed by atoms with Gasteiger partial charge in [-0.15, -0.1) is 0 Å². The van der Waals surface area contributed by atoms with E-state index in [9.17, 15) is 24.3 Å². The van der Waals surface area contributed by atoms with Gasteiger partial charge in [-0.2, -0.15) is 0 Å². The zero-order valence-electron chi connectivity index (χ0n) is 15.2. The Labute approximate surface area is 147 Å². The van der Waals surface area contributed by atoms with E-state index in [0.29, 0.717) is 31.4 Å². The molecule has 2 atom stereocenters. The van der Waals surface area contributed by atoms with Crippen molar-refractivity contribution >= 4 is 24.2 Å². The van der Waals surface area contributed by atoms with Gasteiger partial charge in [0.1, 0.15) is 6.04 Å². The second-order valence-electron chi connectivity index (χ2n) is 6.58. The highest BCUT2D eigenvalue weighted by Crippen LogP contribution is 2.21. The van der Waals surface area contributed by atoms with E-state index in [-0.39, 0.29) is 30.3 Å². The van der Waals surface area contributed by atoms with Gasteiger partial charge in [-0.25, -0.2) is 4.79 Å². The van der Waals surface area contributed by atoms with Crippen LogP contribution in [0, 0.1) is 5.92 Å². The first kappa shape index (κ1) is 20.7. The van der Waals surface area contributed by atoms with Crippen molar-refractivity contribution in [1.82, 2.24) is 15.1 Å². The van der Waals surface area contributed by atoms with Gasteiger partial charge in [0.25, 0.3) is 0 Å². The van der Waals surface area contributed by atoms with Crippen LogP contribution in [0.3, 0.4) is 0 Å². The van der Waals surface area contributed by atoms with E-state index in [4.69, 9.17) is 0 Å². The van der Waals surface area contributed by atoms with Crippen LogP contribution in [0.2, 0.25) is 0 Å². The average molecular weight is 353 g/mol. The monoisotopic (exact) mass is 353 g/mol. The number of likely N-dealkylation sites (N-methyl/N-ethyl adjacent to an activating group) is 1. The third kappa shape index (κ3) is 5.30. The quantitative estimate of drug-likeness (QED) is 0.480. The molecule has 1 aliphatic heterocycles. The topological polar surface area (TPSA) is 107 Å². The smallest absolute Gasteiger partial charge is 0.326 e. The third-order valence-corrected chi connectivity index (χ3v) is 4.42. The highest BCUT2D eigenvalue weighted by atomic mass is 16.4. The van der Waals surface area contributed by atoms with Gasteiger partial charge in [-0.05, 0) is 25.7 Å². The average Bonchev–Trinajstić information content (AvgIpc) is 3.05.